The molecule has 2 saturated heterocycles. The van der Waals surface area contributed by atoms with Crippen molar-refractivity contribution in [2.75, 3.05) is 25.0 Å². The van der Waals surface area contributed by atoms with E-state index in [0.29, 0.717) is 12.1 Å². The first-order chi connectivity index (χ1) is 11.6. The van der Waals surface area contributed by atoms with Crippen LogP contribution in [0, 0.1) is 12.8 Å². The van der Waals surface area contributed by atoms with E-state index in [1.54, 1.807) is 0 Å². The standard InChI is InChI=1S/C20H29N3O/c1-14-12-17(7-8-19(14)22-20(24)16-5-6-16)23(11-3-4-15(23)2)18-9-10-21-13-18/h7-8,12,15-16,18,21H,3-6,9-11,13H2,1-2H3/p+1. The Morgan fingerprint density at radius 3 is 2.67 bits per heavy atom. The van der Waals surface area contributed by atoms with Crippen molar-refractivity contribution in [3.8, 4) is 0 Å². The highest BCUT2D eigenvalue weighted by Crippen LogP contribution is 2.40. The van der Waals surface area contributed by atoms with Gasteiger partial charge in [0.1, 0.15) is 11.7 Å². The van der Waals surface area contributed by atoms with Gasteiger partial charge >= 0.3 is 0 Å². The molecule has 0 radical (unpaired) electrons. The van der Waals surface area contributed by atoms with Crippen LogP contribution in [0.15, 0.2) is 18.2 Å². The molecule has 1 aromatic rings. The Morgan fingerprint density at radius 2 is 2.08 bits per heavy atom. The van der Waals surface area contributed by atoms with Crippen LogP contribution in [0.5, 0.6) is 0 Å². The van der Waals surface area contributed by atoms with E-state index in [1.807, 2.05) is 0 Å². The van der Waals surface area contributed by atoms with Crippen molar-refractivity contribution in [1.82, 2.24) is 9.80 Å². The Kier molecular flexibility index (Phi) is 4.13. The van der Waals surface area contributed by atoms with Gasteiger partial charge in [0.05, 0.1) is 12.6 Å². The summed E-state index contributed by atoms with van der Waals surface area (Å²) in [6.45, 7) is 8.08. The van der Waals surface area contributed by atoms with Crippen LogP contribution >= 0.6 is 0 Å². The molecule has 1 aromatic carbocycles. The molecule has 4 nitrogen and oxygen atoms in total. The fraction of sp³-hybridized carbons (Fsp3) is 0.650. The van der Waals surface area contributed by atoms with Crippen molar-refractivity contribution in [2.24, 2.45) is 5.92 Å². The van der Waals surface area contributed by atoms with Gasteiger partial charge in [-0.2, -0.15) is 0 Å². The number of quaternary nitrogens is 1. The summed E-state index contributed by atoms with van der Waals surface area (Å²) in [5.41, 5.74) is 3.63. The van der Waals surface area contributed by atoms with Gasteiger partial charge < -0.3 is 10.6 Å². The molecule has 3 unspecified atom stereocenters. The number of likely N-dealkylation sites (tertiary alicyclic amines) is 1. The molecule has 24 heavy (non-hydrogen) atoms. The second-order valence-corrected chi connectivity index (χ2v) is 8.05. The van der Waals surface area contributed by atoms with E-state index in [-0.39, 0.29) is 11.8 Å². The minimum absolute atomic E-state index is 0.198. The predicted octanol–water partition coefficient (Wildman–Crippen LogP) is 3.20. The Labute approximate surface area is 145 Å². The van der Waals surface area contributed by atoms with E-state index >= 15 is 0 Å². The van der Waals surface area contributed by atoms with Gasteiger partial charge in [-0.3, -0.25) is 9.28 Å². The summed E-state index contributed by atoms with van der Waals surface area (Å²) in [6.07, 6.45) is 6.00. The fourth-order valence-corrected chi connectivity index (χ4v) is 4.90. The number of anilines is 1. The number of hydrogen-bond acceptors (Lipinski definition) is 2. The lowest BCUT2D eigenvalue weighted by Gasteiger charge is -2.43. The highest BCUT2D eigenvalue weighted by atomic mass is 16.2. The summed E-state index contributed by atoms with van der Waals surface area (Å²) in [7, 11) is 0. The maximum absolute atomic E-state index is 12.1. The molecule has 0 bridgehead atoms. The minimum atomic E-state index is 0.198. The molecule has 1 aliphatic carbocycles. The van der Waals surface area contributed by atoms with E-state index in [2.05, 4.69) is 42.7 Å². The first kappa shape index (κ1) is 16.1. The molecule has 4 heteroatoms. The summed E-state index contributed by atoms with van der Waals surface area (Å²) >= 11 is 0. The van der Waals surface area contributed by atoms with Crippen LogP contribution in [-0.4, -0.2) is 37.6 Å². The Morgan fingerprint density at radius 1 is 1.25 bits per heavy atom. The molecule has 2 aliphatic heterocycles. The first-order valence-electron chi connectivity index (χ1n) is 9.61. The lowest BCUT2D eigenvalue weighted by atomic mass is 10.0. The zero-order chi connectivity index (χ0) is 16.7. The van der Waals surface area contributed by atoms with E-state index in [0.717, 1.165) is 36.1 Å². The fourth-order valence-electron chi connectivity index (χ4n) is 4.90. The van der Waals surface area contributed by atoms with E-state index in [4.69, 9.17) is 0 Å². The van der Waals surface area contributed by atoms with Crippen LogP contribution in [0.4, 0.5) is 11.4 Å². The summed E-state index contributed by atoms with van der Waals surface area (Å²) in [5, 5.41) is 6.69. The molecule has 0 aromatic heterocycles. The molecule has 3 atom stereocenters. The monoisotopic (exact) mass is 328 g/mol. The second kappa shape index (κ2) is 6.16. The number of carbonyl (C=O) groups excluding carboxylic acids is 1. The number of nitrogens with zero attached hydrogens (tertiary/aromatic N) is 1. The normalized spacial score (nSPS) is 32.9. The average Bonchev–Trinajstić information content (AvgIpc) is 3.14. The molecular formula is C20H30N3O+. The second-order valence-electron chi connectivity index (χ2n) is 8.05. The van der Waals surface area contributed by atoms with Gasteiger partial charge in [0.25, 0.3) is 0 Å². The number of amides is 1. The molecule has 4 rings (SSSR count). The summed E-state index contributed by atoms with van der Waals surface area (Å²) < 4.78 is 1.13. The average molecular weight is 328 g/mol. The summed E-state index contributed by atoms with van der Waals surface area (Å²) in [5.74, 6) is 0.454. The van der Waals surface area contributed by atoms with Crippen molar-refractivity contribution in [1.29, 1.82) is 0 Å². The number of rotatable bonds is 4. The van der Waals surface area contributed by atoms with Crippen molar-refractivity contribution in [2.45, 2.75) is 58.0 Å². The molecule has 3 aliphatic rings. The van der Waals surface area contributed by atoms with Crippen LogP contribution in [0.3, 0.4) is 0 Å². The third kappa shape index (κ3) is 2.66. The third-order valence-corrected chi connectivity index (χ3v) is 6.52. The Hall–Kier alpha value is -1.39. The minimum Gasteiger partial charge on any atom is -0.326 e. The number of carbonyl (C=O) groups is 1. The van der Waals surface area contributed by atoms with E-state index in [1.165, 1.54) is 37.1 Å². The predicted molar refractivity (Wildman–Crippen MR) is 99.2 cm³/mol. The van der Waals surface area contributed by atoms with Gasteiger partial charge in [-0.15, -0.1) is 0 Å². The van der Waals surface area contributed by atoms with Crippen molar-refractivity contribution in [3.63, 3.8) is 0 Å². The van der Waals surface area contributed by atoms with Crippen molar-refractivity contribution < 1.29 is 4.79 Å². The van der Waals surface area contributed by atoms with Crippen LogP contribution in [0.25, 0.3) is 0 Å². The lowest BCUT2D eigenvalue weighted by molar-refractivity contribution is -0.117. The Bertz CT molecular complexity index is 634. The summed E-state index contributed by atoms with van der Waals surface area (Å²) in [4.78, 5) is 12.1. The molecule has 1 saturated carbocycles. The topological polar surface area (TPSA) is 41.1 Å². The van der Waals surface area contributed by atoms with Gasteiger partial charge in [-0.1, -0.05) is 0 Å². The molecule has 0 spiro atoms. The molecule has 2 N–H and O–H groups in total. The largest absolute Gasteiger partial charge is 0.326 e. The zero-order valence-electron chi connectivity index (χ0n) is 15.0. The number of aryl methyl sites for hydroxylation is 1. The molecule has 2 heterocycles. The van der Waals surface area contributed by atoms with Crippen LogP contribution in [-0.2, 0) is 4.79 Å². The lowest BCUT2D eigenvalue weighted by Crippen LogP contribution is -2.59. The molecule has 130 valence electrons. The Balaban J connectivity index is 1.63. The molecular weight excluding hydrogens is 298 g/mol. The maximum atomic E-state index is 12.1. The number of nitrogens with one attached hydrogen (secondary N) is 2. The van der Waals surface area contributed by atoms with Crippen LogP contribution < -0.4 is 15.1 Å². The molecule has 3 fully saturated rings. The van der Waals surface area contributed by atoms with Crippen molar-refractivity contribution in [3.05, 3.63) is 23.8 Å². The SMILES string of the molecule is Cc1cc([N+]2(C3CCNC3)CCCC2C)ccc1NC(=O)C1CC1. The maximum Gasteiger partial charge on any atom is 0.227 e. The van der Waals surface area contributed by atoms with E-state index in [9.17, 15) is 4.79 Å². The first-order valence-corrected chi connectivity index (χ1v) is 9.61. The highest BCUT2D eigenvalue weighted by Gasteiger charge is 2.48. The van der Waals surface area contributed by atoms with Gasteiger partial charge in [0.2, 0.25) is 5.91 Å². The quantitative estimate of drug-likeness (QED) is 0.834. The zero-order valence-corrected chi connectivity index (χ0v) is 15.0. The van der Waals surface area contributed by atoms with Gasteiger partial charge in [-0.25, -0.2) is 0 Å². The third-order valence-electron chi connectivity index (χ3n) is 6.52. The smallest absolute Gasteiger partial charge is 0.227 e. The van der Waals surface area contributed by atoms with Crippen LogP contribution in [0.1, 0.15) is 44.6 Å². The highest BCUT2D eigenvalue weighted by molar-refractivity contribution is 5.94. The van der Waals surface area contributed by atoms with Gasteiger partial charge in [0.15, 0.2) is 0 Å². The van der Waals surface area contributed by atoms with Gasteiger partial charge in [-0.05, 0) is 38.3 Å². The van der Waals surface area contributed by atoms with Gasteiger partial charge in [0, 0.05) is 56.1 Å². The van der Waals surface area contributed by atoms with E-state index < -0.39 is 0 Å². The number of benzene rings is 1. The van der Waals surface area contributed by atoms with Crippen molar-refractivity contribution >= 4 is 17.3 Å². The van der Waals surface area contributed by atoms with Crippen LogP contribution in [0.2, 0.25) is 0 Å². The number of hydrogen-bond donors (Lipinski definition) is 2. The summed E-state index contributed by atoms with van der Waals surface area (Å²) in [6, 6.07) is 8.12. The molecule has 1 amide bonds.